The molecule has 0 spiro atoms. The molecule has 0 atom stereocenters. The van der Waals surface area contributed by atoms with E-state index in [-0.39, 0.29) is 44.0 Å². The van der Waals surface area contributed by atoms with Crippen molar-refractivity contribution in [3.8, 4) is 22.3 Å². The minimum atomic E-state index is -1.09. The molecule has 0 unspecified atom stereocenters. The van der Waals surface area contributed by atoms with Crippen molar-refractivity contribution in [2.24, 2.45) is 0 Å². The molecule has 4 rings (SSSR count). The fourth-order valence-corrected chi connectivity index (χ4v) is 4.83. The van der Waals surface area contributed by atoms with Crippen LogP contribution in [0.15, 0.2) is 30.4 Å². The van der Waals surface area contributed by atoms with Crippen molar-refractivity contribution < 1.29 is 11.5 Å². The van der Waals surface area contributed by atoms with Gasteiger partial charge < -0.3 is 0 Å². The predicted molar refractivity (Wildman–Crippen MR) is 99.4 cm³/mol. The van der Waals surface area contributed by atoms with E-state index >= 15 is 0 Å². The third kappa shape index (κ3) is 2.58. The monoisotopic (exact) mass is 494 g/mol. The Morgan fingerprint density at radius 3 is 1.65 bits per heavy atom. The Hall–Kier alpha value is -0.740. The van der Waals surface area contributed by atoms with Gasteiger partial charge in [-0.1, -0.05) is 0 Å². The lowest BCUT2D eigenvalue weighted by Gasteiger charge is -2.08. The topological polar surface area (TPSA) is 25.8 Å². The number of hydrogen-bond donors (Lipinski definition) is 0. The van der Waals surface area contributed by atoms with Crippen LogP contribution in [0.2, 0.25) is 0 Å². The number of fused-ring (bicyclic) bond motifs is 1. The number of halogens is 4. The fraction of sp³-hybridized carbons (Fsp3) is 0. The van der Waals surface area contributed by atoms with E-state index in [1.165, 1.54) is 0 Å². The zero-order valence-corrected chi connectivity index (χ0v) is 16.4. The Morgan fingerprint density at radius 1 is 0.870 bits per heavy atom. The molecule has 0 amide bonds. The molecule has 0 saturated carbocycles. The van der Waals surface area contributed by atoms with Crippen LogP contribution in [0.5, 0.6) is 0 Å². The van der Waals surface area contributed by atoms with Gasteiger partial charge in [0.05, 0.1) is 33.2 Å². The third-order valence-corrected chi connectivity index (χ3v) is 6.39. The van der Waals surface area contributed by atoms with Gasteiger partial charge in [-0.2, -0.15) is 8.75 Å². The summed E-state index contributed by atoms with van der Waals surface area (Å²) in [4.78, 5) is 0. The summed E-state index contributed by atoms with van der Waals surface area (Å²) in [6, 6.07) is 3.14. The summed E-state index contributed by atoms with van der Waals surface area (Å²) >= 11 is 9.59. The first-order valence-electron chi connectivity index (χ1n) is 7.04. The van der Waals surface area contributed by atoms with Gasteiger partial charge in [0.25, 0.3) is 0 Å². The van der Waals surface area contributed by atoms with Crippen LogP contribution in [0, 0.1) is 11.6 Å². The molecule has 0 aliphatic heterocycles. The summed E-state index contributed by atoms with van der Waals surface area (Å²) in [5.41, 5.74) is 0.764. The minimum absolute atomic E-state index is 0.0715. The first-order valence-corrected chi connectivity index (χ1v) is 9.99. The van der Waals surface area contributed by atoms with Crippen molar-refractivity contribution in [2.75, 3.05) is 0 Å². The number of thiophene rings is 2. The highest BCUT2D eigenvalue weighted by atomic mass is 79.9. The van der Waals surface area contributed by atoms with E-state index in [9.17, 15) is 8.78 Å². The largest absolute Gasteiger partial charge is 0.203 e. The summed E-state index contributed by atoms with van der Waals surface area (Å²) in [5, 5.41) is 0.207. The molecule has 0 aliphatic carbocycles. The van der Waals surface area contributed by atoms with Gasteiger partial charge in [0.2, 0.25) is 0 Å². The molecular weight excluding hydrogens is 490 g/mol. The van der Waals surface area contributed by atoms with Crippen molar-refractivity contribution >= 4 is 77.3 Å². The second-order valence-electron chi connectivity index (χ2n) is 4.47. The Labute approximate surface area is 161 Å². The third-order valence-electron chi connectivity index (χ3n) is 3.17. The van der Waals surface area contributed by atoms with Crippen molar-refractivity contribution in [3.05, 3.63) is 42.1 Å². The van der Waals surface area contributed by atoms with Gasteiger partial charge in [-0.15, -0.1) is 22.7 Å². The maximum absolute atomic E-state index is 15.0. The van der Waals surface area contributed by atoms with Gasteiger partial charge in [0, 0.05) is 0 Å². The lowest BCUT2D eigenvalue weighted by atomic mass is 9.99. The Bertz CT molecular complexity index is 1050. The molecule has 1 aromatic carbocycles. The first-order chi connectivity index (χ1) is 11.9. The van der Waals surface area contributed by atoms with E-state index < -0.39 is 11.6 Å². The van der Waals surface area contributed by atoms with Gasteiger partial charge in [-0.25, -0.2) is 8.78 Å². The molecule has 0 N–H and O–H groups in total. The van der Waals surface area contributed by atoms with Crippen LogP contribution >= 0.6 is 66.3 Å². The Kier molecular flexibility index (Phi) is 3.51. The number of hydrogen-bond acceptors (Lipinski definition) is 5. The van der Waals surface area contributed by atoms with Gasteiger partial charge in [0.15, 0.2) is 11.6 Å². The lowest BCUT2D eigenvalue weighted by Crippen LogP contribution is -1.96. The quantitative estimate of drug-likeness (QED) is 0.300. The molecule has 0 bridgehead atoms. The van der Waals surface area contributed by atoms with Gasteiger partial charge >= 0.3 is 0 Å². The summed E-state index contributed by atoms with van der Waals surface area (Å²) in [7, 11) is 0. The molecule has 3 heterocycles. The van der Waals surface area contributed by atoms with E-state index in [1.54, 1.807) is 12.1 Å². The second-order valence-corrected chi connectivity index (χ2v) is 9.45. The minimum Gasteiger partial charge on any atom is -0.203 e. The number of aromatic nitrogens is 2. The molecule has 3 aromatic heterocycles. The van der Waals surface area contributed by atoms with Crippen LogP contribution in [0.25, 0.3) is 33.3 Å². The van der Waals surface area contributed by atoms with Crippen LogP contribution in [0.1, 0.15) is 2.74 Å². The summed E-state index contributed by atoms with van der Waals surface area (Å²) in [6.07, 6.45) is 0. The Balaban J connectivity index is 2.12. The van der Waals surface area contributed by atoms with Crippen LogP contribution in [-0.4, -0.2) is 8.75 Å². The first kappa shape index (κ1) is 13.5. The highest BCUT2D eigenvalue weighted by molar-refractivity contribution is 9.11. The summed E-state index contributed by atoms with van der Waals surface area (Å²) in [5.74, 6) is -2.17. The van der Waals surface area contributed by atoms with Crippen LogP contribution < -0.4 is 0 Å². The maximum Gasteiger partial charge on any atom is 0.169 e. The van der Waals surface area contributed by atoms with Gasteiger partial charge in [-0.3, -0.25) is 0 Å². The van der Waals surface area contributed by atoms with Gasteiger partial charge in [0.1, 0.15) is 11.0 Å². The fourth-order valence-electron chi connectivity index (χ4n) is 2.23. The average molecular weight is 496 g/mol. The van der Waals surface area contributed by atoms with Crippen LogP contribution in [0.3, 0.4) is 0 Å². The molecule has 4 aromatic rings. The zero-order chi connectivity index (χ0) is 17.9. The maximum atomic E-state index is 15.0. The molecule has 0 aliphatic rings. The summed E-state index contributed by atoms with van der Waals surface area (Å²) < 4.78 is 55.5. The van der Waals surface area contributed by atoms with E-state index in [0.717, 1.165) is 34.4 Å². The van der Waals surface area contributed by atoms with Crippen LogP contribution in [-0.2, 0) is 0 Å². The average Bonchev–Trinajstić information content (AvgIpc) is 3.21. The van der Waals surface area contributed by atoms with Gasteiger partial charge in [-0.05, 0) is 65.8 Å². The van der Waals surface area contributed by atoms with E-state index in [2.05, 4.69) is 40.6 Å². The molecular formula is C14H4Br2F2N2S3. The molecule has 0 saturated heterocycles. The molecule has 9 heteroatoms. The van der Waals surface area contributed by atoms with E-state index in [1.807, 2.05) is 0 Å². The van der Waals surface area contributed by atoms with Crippen molar-refractivity contribution in [2.45, 2.75) is 0 Å². The van der Waals surface area contributed by atoms with Crippen molar-refractivity contribution in [3.63, 3.8) is 0 Å². The highest BCUT2D eigenvalue weighted by Gasteiger charge is 2.25. The zero-order valence-electron chi connectivity index (χ0n) is 12.8. The second kappa shape index (κ2) is 5.96. The SMILES string of the molecule is [2H]c1sc(Br)cc1-c1c(F)c(F)c(-c2cc(Br)sc2[2H])c2nsnc12. The Morgan fingerprint density at radius 2 is 1.30 bits per heavy atom. The summed E-state index contributed by atoms with van der Waals surface area (Å²) in [6.45, 7) is 0. The molecule has 2 nitrogen and oxygen atoms in total. The van der Waals surface area contributed by atoms with Crippen molar-refractivity contribution in [1.29, 1.82) is 0 Å². The van der Waals surface area contributed by atoms with Crippen LogP contribution in [0.4, 0.5) is 8.78 Å². The number of benzene rings is 1. The molecule has 23 heavy (non-hydrogen) atoms. The van der Waals surface area contributed by atoms with E-state index in [4.69, 9.17) is 2.74 Å². The predicted octanol–water partition coefficient (Wildman–Crippen LogP) is 6.95. The highest BCUT2D eigenvalue weighted by Crippen LogP contribution is 2.42. The smallest absolute Gasteiger partial charge is 0.169 e. The standard InChI is InChI=1S/C14H4Br2F2N2S3/c15-7-1-5(3-21-7)9-11(17)12(18)10(6-2-8(16)22-4-6)14-13(9)19-23-20-14/h1-4H/i3D,4D. The normalized spacial score (nSPS) is 12.7. The number of rotatable bonds is 2. The van der Waals surface area contributed by atoms with Crippen molar-refractivity contribution in [1.82, 2.24) is 8.75 Å². The molecule has 0 fully saturated rings. The van der Waals surface area contributed by atoms with E-state index in [0.29, 0.717) is 7.57 Å². The molecule has 0 radical (unpaired) electrons. The lowest BCUT2D eigenvalue weighted by molar-refractivity contribution is 0.515. The molecule has 116 valence electrons. The number of nitrogens with zero attached hydrogens (tertiary/aromatic N) is 2.